The number of hydrogen-bond donors (Lipinski definition) is 3. The minimum absolute atomic E-state index is 0.000153. The number of nitrogens with one attached hydrogen (secondary N) is 1. The van der Waals surface area contributed by atoms with Gasteiger partial charge in [0.2, 0.25) is 5.91 Å². The number of pyridine rings is 1. The van der Waals surface area contributed by atoms with Gasteiger partial charge in [0.25, 0.3) is 11.8 Å². The molecule has 1 fully saturated rings. The summed E-state index contributed by atoms with van der Waals surface area (Å²) in [6.45, 7) is 0.000153. The maximum atomic E-state index is 13.7. The predicted molar refractivity (Wildman–Crippen MR) is 121 cm³/mol. The molecule has 10 nitrogen and oxygen atoms in total. The molecule has 3 heterocycles. The molecule has 5 N–H and O–H groups in total. The number of carbonyl (C=O) groups is 3. The van der Waals surface area contributed by atoms with Gasteiger partial charge in [0.15, 0.2) is 5.69 Å². The lowest BCUT2D eigenvalue weighted by Gasteiger charge is -2.31. The van der Waals surface area contributed by atoms with Gasteiger partial charge in [0.05, 0.1) is 18.5 Å². The standard InChI is InChI=1S/C22H24N6O4S/c23-16-17(20(24)29)27-33-19(16)22(31)28(12-15-6-3-11-32-15)18(13-7-9-25-10-8-13)21(30)26-14-4-1-2-5-14/h3,6-11,14,18H,1-2,4-5,12,23H2,(H2,24,29)(H,26,30). The number of primary amides is 1. The quantitative estimate of drug-likeness (QED) is 0.457. The minimum atomic E-state index is -0.982. The van der Waals surface area contributed by atoms with Crippen LogP contribution in [0.3, 0.4) is 0 Å². The number of anilines is 1. The summed E-state index contributed by atoms with van der Waals surface area (Å²) in [4.78, 5) is 44.3. The van der Waals surface area contributed by atoms with Crippen molar-refractivity contribution in [2.45, 2.75) is 44.3 Å². The molecule has 0 spiro atoms. The van der Waals surface area contributed by atoms with Gasteiger partial charge in [-0.2, -0.15) is 4.37 Å². The molecule has 1 unspecified atom stereocenters. The Bertz CT molecular complexity index is 1130. The lowest BCUT2D eigenvalue weighted by molar-refractivity contribution is -0.126. The number of nitrogen functional groups attached to an aromatic ring is 1. The van der Waals surface area contributed by atoms with E-state index in [9.17, 15) is 14.4 Å². The Hall–Kier alpha value is -3.73. The number of hydrogen-bond acceptors (Lipinski definition) is 8. The average molecular weight is 469 g/mol. The van der Waals surface area contributed by atoms with Crippen molar-refractivity contribution < 1.29 is 18.8 Å². The van der Waals surface area contributed by atoms with Crippen LogP contribution >= 0.6 is 11.5 Å². The zero-order valence-electron chi connectivity index (χ0n) is 17.8. The summed E-state index contributed by atoms with van der Waals surface area (Å²) in [7, 11) is 0. The largest absolute Gasteiger partial charge is 0.467 e. The Labute approximate surface area is 194 Å². The fraction of sp³-hybridized carbons (Fsp3) is 0.318. The summed E-state index contributed by atoms with van der Waals surface area (Å²) in [5.74, 6) is -1.22. The Kier molecular flexibility index (Phi) is 6.68. The molecule has 0 radical (unpaired) electrons. The van der Waals surface area contributed by atoms with Crippen LogP contribution < -0.4 is 16.8 Å². The van der Waals surface area contributed by atoms with Crippen molar-refractivity contribution in [1.82, 2.24) is 19.6 Å². The van der Waals surface area contributed by atoms with E-state index in [-0.39, 0.29) is 34.8 Å². The van der Waals surface area contributed by atoms with Crippen LogP contribution in [0.2, 0.25) is 0 Å². The van der Waals surface area contributed by atoms with Crippen molar-refractivity contribution in [1.29, 1.82) is 0 Å². The third-order valence-corrected chi connectivity index (χ3v) is 6.46. The molecule has 3 amide bonds. The summed E-state index contributed by atoms with van der Waals surface area (Å²) in [5.41, 5.74) is 11.7. The molecular weight excluding hydrogens is 444 g/mol. The van der Waals surface area contributed by atoms with Gasteiger partial charge in [-0.3, -0.25) is 19.4 Å². The Morgan fingerprint density at radius 3 is 2.55 bits per heavy atom. The molecule has 3 aromatic rings. The van der Waals surface area contributed by atoms with E-state index < -0.39 is 17.9 Å². The Morgan fingerprint density at radius 1 is 1.21 bits per heavy atom. The van der Waals surface area contributed by atoms with Gasteiger partial charge in [-0.05, 0) is 54.2 Å². The zero-order valence-corrected chi connectivity index (χ0v) is 18.6. The van der Waals surface area contributed by atoms with Crippen molar-refractivity contribution in [3.05, 3.63) is 64.8 Å². The summed E-state index contributed by atoms with van der Waals surface area (Å²) in [5, 5.41) is 3.08. The number of nitrogens with zero attached hydrogens (tertiary/aromatic N) is 3. The van der Waals surface area contributed by atoms with Gasteiger partial charge in [-0.25, -0.2) is 0 Å². The molecule has 0 bridgehead atoms. The molecule has 0 aliphatic heterocycles. The Morgan fingerprint density at radius 2 is 1.94 bits per heavy atom. The number of rotatable bonds is 8. The van der Waals surface area contributed by atoms with E-state index in [0.717, 1.165) is 37.2 Å². The van der Waals surface area contributed by atoms with E-state index in [1.807, 2.05) is 0 Å². The van der Waals surface area contributed by atoms with E-state index >= 15 is 0 Å². The number of carbonyl (C=O) groups excluding carboxylic acids is 3. The van der Waals surface area contributed by atoms with Crippen molar-refractivity contribution >= 4 is 34.9 Å². The third kappa shape index (κ3) is 4.87. The second-order valence-corrected chi connectivity index (χ2v) is 8.60. The predicted octanol–water partition coefficient (Wildman–Crippen LogP) is 2.25. The summed E-state index contributed by atoms with van der Waals surface area (Å²) in [6.07, 6.45) is 8.50. The van der Waals surface area contributed by atoms with E-state index in [1.54, 1.807) is 36.7 Å². The van der Waals surface area contributed by atoms with Gasteiger partial charge in [0, 0.05) is 18.4 Å². The highest BCUT2D eigenvalue weighted by molar-refractivity contribution is 7.09. The SMILES string of the molecule is NC(=O)c1nsc(C(=O)N(Cc2ccco2)C(C(=O)NC2CCCC2)c2ccncc2)c1N. The molecule has 33 heavy (non-hydrogen) atoms. The van der Waals surface area contributed by atoms with Gasteiger partial charge >= 0.3 is 0 Å². The number of amides is 3. The molecule has 3 aromatic heterocycles. The molecule has 11 heteroatoms. The molecular formula is C22H24N6O4S. The molecule has 1 aliphatic carbocycles. The van der Waals surface area contributed by atoms with Crippen LogP contribution in [0.25, 0.3) is 0 Å². The van der Waals surface area contributed by atoms with Gasteiger partial charge in [-0.15, -0.1) is 0 Å². The first kappa shape index (κ1) is 22.5. The second-order valence-electron chi connectivity index (χ2n) is 7.82. The van der Waals surface area contributed by atoms with Crippen LogP contribution in [0.5, 0.6) is 0 Å². The highest BCUT2D eigenvalue weighted by Gasteiger charge is 2.36. The first-order valence-corrected chi connectivity index (χ1v) is 11.3. The minimum Gasteiger partial charge on any atom is -0.467 e. The Balaban J connectivity index is 1.75. The third-order valence-electron chi connectivity index (χ3n) is 5.61. The van der Waals surface area contributed by atoms with E-state index in [0.29, 0.717) is 11.3 Å². The maximum absolute atomic E-state index is 13.7. The van der Waals surface area contributed by atoms with Crippen molar-refractivity contribution in [3.63, 3.8) is 0 Å². The van der Waals surface area contributed by atoms with Crippen LogP contribution in [0.1, 0.15) is 63.2 Å². The lowest BCUT2D eigenvalue weighted by atomic mass is 10.0. The number of aromatic nitrogens is 2. The van der Waals surface area contributed by atoms with Gasteiger partial charge < -0.3 is 26.1 Å². The smallest absolute Gasteiger partial charge is 0.270 e. The molecule has 1 atom stereocenters. The highest BCUT2D eigenvalue weighted by Crippen LogP contribution is 2.31. The zero-order chi connectivity index (χ0) is 23.4. The van der Waals surface area contributed by atoms with Crippen molar-refractivity contribution in [2.24, 2.45) is 5.73 Å². The molecule has 1 saturated carbocycles. The molecule has 0 aromatic carbocycles. The van der Waals surface area contributed by atoms with Gasteiger partial charge in [-0.1, -0.05) is 12.8 Å². The number of nitrogens with two attached hydrogens (primary N) is 2. The summed E-state index contributed by atoms with van der Waals surface area (Å²) >= 11 is 0.769. The molecule has 4 rings (SSSR count). The maximum Gasteiger partial charge on any atom is 0.270 e. The highest BCUT2D eigenvalue weighted by atomic mass is 32.1. The van der Waals surface area contributed by atoms with E-state index in [2.05, 4.69) is 14.7 Å². The second kappa shape index (κ2) is 9.82. The first-order chi connectivity index (χ1) is 16.0. The molecule has 1 aliphatic rings. The van der Waals surface area contributed by atoms with Crippen molar-refractivity contribution in [2.75, 3.05) is 5.73 Å². The summed E-state index contributed by atoms with van der Waals surface area (Å²) in [6, 6.07) is 5.86. The molecule has 172 valence electrons. The number of furan rings is 1. The molecule has 0 saturated heterocycles. The van der Waals surface area contributed by atoms with Crippen LogP contribution in [-0.2, 0) is 11.3 Å². The van der Waals surface area contributed by atoms with Crippen LogP contribution in [-0.4, -0.2) is 38.0 Å². The van der Waals surface area contributed by atoms with E-state index in [4.69, 9.17) is 15.9 Å². The summed E-state index contributed by atoms with van der Waals surface area (Å²) < 4.78 is 9.40. The lowest BCUT2D eigenvalue weighted by Crippen LogP contribution is -2.45. The topological polar surface area (TPSA) is 157 Å². The van der Waals surface area contributed by atoms with Crippen molar-refractivity contribution in [3.8, 4) is 0 Å². The van der Waals surface area contributed by atoms with E-state index in [1.165, 1.54) is 11.2 Å². The van der Waals surface area contributed by atoms with Crippen LogP contribution in [0.4, 0.5) is 5.69 Å². The fourth-order valence-electron chi connectivity index (χ4n) is 3.98. The van der Waals surface area contributed by atoms with Crippen LogP contribution in [0, 0.1) is 0 Å². The average Bonchev–Trinajstić information content (AvgIpc) is 3.56. The monoisotopic (exact) mass is 468 g/mol. The normalized spacial score (nSPS) is 14.7. The van der Waals surface area contributed by atoms with Crippen LogP contribution in [0.15, 0.2) is 47.3 Å². The van der Waals surface area contributed by atoms with Gasteiger partial charge in [0.1, 0.15) is 16.7 Å². The first-order valence-electron chi connectivity index (χ1n) is 10.5. The fourth-order valence-corrected chi connectivity index (χ4v) is 4.74.